The number of aromatic nitrogens is 2. The number of anilines is 2. The number of hydrogen-bond donors (Lipinski definition) is 2. The molecule has 6 heteroatoms. The highest BCUT2D eigenvalue weighted by Crippen LogP contribution is 2.20. The van der Waals surface area contributed by atoms with Crippen LogP contribution in [-0.4, -0.2) is 17.1 Å². The highest BCUT2D eigenvalue weighted by atomic mass is 16.5. The number of aryl methyl sites for hydroxylation is 2. The van der Waals surface area contributed by atoms with E-state index in [1.165, 1.54) is 0 Å². The molecule has 18 heavy (non-hydrogen) atoms. The largest absolute Gasteiger partial charge is 0.481 e. The fraction of sp³-hybridized carbons (Fsp3) is 0.333. The molecule has 6 nitrogen and oxygen atoms in total. The summed E-state index contributed by atoms with van der Waals surface area (Å²) in [5.74, 6) is 2.49. The maximum absolute atomic E-state index is 5.81. The Morgan fingerprint density at radius 1 is 1.33 bits per heavy atom. The Morgan fingerprint density at radius 2 is 2.11 bits per heavy atom. The third-order valence-corrected chi connectivity index (χ3v) is 2.59. The summed E-state index contributed by atoms with van der Waals surface area (Å²) in [6, 6.07) is 3.44. The number of nitrogens with one attached hydrogen (secondary N) is 1. The van der Waals surface area contributed by atoms with Gasteiger partial charge in [-0.25, -0.2) is 4.98 Å². The first-order chi connectivity index (χ1) is 8.60. The van der Waals surface area contributed by atoms with Crippen molar-refractivity contribution in [1.82, 2.24) is 9.97 Å². The van der Waals surface area contributed by atoms with Crippen molar-refractivity contribution in [2.75, 3.05) is 18.2 Å². The minimum absolute atomic E-state index is 0.430. The maximum atomic E-state index is 5.81. The van der Waals surface area contributed by atoms with Crippen LogP contribution in [0.4, 0.5) is 11.5 Å². The molecule has 96 valence electrons. The molecule has 0 unspecified atom stereocenters. The van der Waals surface area contributed by atoms with Crippen molar-refractivity contribution < 1.29 is 9.15 Å². The summed E-state index contributed by atoms with van der Waals surface area (Å²) >= 11 is 0. The van der Waals surface area contributed by atoms with E-state index in [0.29, 0.717) is 29.8 Å². The van der Waals surface area contributed by atoms with Gasteiger partial charge in [-0.2, -0.15) is 4.98 Å². The van der Waals surface area contributed by atoms with Crippen LogP contribution in [0.15, 0.2) is 16.5 Å². The van der Waals surface area contributed by atoms with Crippen molar-refractivity contribution in [3.63, 3.8) is 0 Å². The van der Waals surface area contributed by atoms with Gasteiger partial charge in [0, 0.05) is 6.07 Å². The summed E-state index contributed by atoms with van der Waals surface area (Å²) in [6.07, 6.45) is 0. The minimum atomic E-state index is 0.430. The van der Waals surface area contributed by atoms with E-state index in [2.05, 4.69) is 15.3 Å². The summed E-state index contributed by atoms with van der Waals surface area (Å²) in [5, 5.41) is 3.07. The molecule has 0 aromatic carbocycles. The zero-order chi connectivity index (χ0) is 13.1. The first-order valence-electron chi connectivity index (χ1n) is 5.57. The van der Waals surface area contributed by atoms with Crippen molar-refractivity contribution in [1.29, 1.82) is 0 Å². The van der Waals surface area contributed by atoms with Crippen molar-refractivity contribution in [2.45, 2.75) is 20.4 Å². The van der Waals surface area contributed by atoms with Crippen LogP contribution in [0, 0.1) is 13.8 Å². The van der Waals surface area contributed by atoms with Crippen LogP contribution >= 0.6 is 0 Å². The molecular formula is C12H16N4O2. The maximum Gasteiger partial charge on any atom is 0.215 e. The third-order valence-electron chi connectivity index (χ3n) is 2.59. The van der Waals surface area contributed by atoms with Crippen molar-refractivity contribution >= 4 is 11.5 Å². The number of nitrogens with two attached hydrogens (primary N) is 1. The summed E-state index contributed by atoms with van der Waals surface area (Å²) in [5.41, 5.74) is 7.25. The fourth-order valence-corrected chi connectivity index (χ4v) is 1.48. The number of methoxy groups -OCH3 is 1. The van der Waals surface area contributed by atoms with Gasteiger partial charge in [0.15, 0.2) is 5.82 Å². The summed E-state index contributed by atoms with van der Waals surface area (Å²) in [4.78, 5) is 8.48. The van der Waals surface area contributed by atoms with E-state index in [-0.39, 0.29) is 0 Å². The summed E-state index contributed by atoms with van der Waals surface area (Å²) in [7, 11) is 1.56. The van der Waals surface area contributed by atoms with Gasteiger partial charge in [-0.3, -0.25) is 0 Å². The van der Waals surface area contributed by atoms with Crippen LogP contribution < -0.4 is 15.8 Å². The molecule has 0 spiro atoms. The molecule has 2 heterocycles. The predicted molar refractivity (Wildman–Crippen MR) is 68.5 cm³/mol. The highest BCUT2D eigenvalue weighted by Gasteiger charge is 2.07. The van der Waals surface area contributed by atoms with Crippen LogP contribution in [-0.2, 0) is 6.54 Å². The van der Waals surface area contributed by atoms with Crippen molar-refractivity contribution in [3.05, 3.63) is 29.5 Å². The topological polar surface area (TPSA) is 86.2 Å². The SMILES string of the molecule is COc1ccc(N)c(NCc2nc(C)c(C)o2)n1. The second kappa shape index (κ2) is 4.95. The van der Waals surface area contributed by atoms with Gasteiger partial charge < -0.3 is 20.2 Å². The van der Waals surface area contributed by atoms with Gasteiger partial charge in [0.05, 0.1) is 25.0 Å². The molecule has 0 aliphatic carbocycles. The first-order valence-corrected chi connectivity index (χ1v) is 5.57. The van der Waals surface area contributed by atoms with Crippen LogP contribution in [0.2, 0.25) is 0 Å². The standard InChI is InChI=1S/C12H16N4O2/c1-7-8(2)18-11(15-7)6-14-12-9(13)4-5-10(16-12)17-3/h4-5H,6,13H2,1-3H3,(H,14,16). The van der Waals surface area contributed by atoms with Gasteiger partial charge in [0.2, 0.25) is 11.8 Å². The number of pyridine rings is 1. The van der Waals surface area contributed by atoms with E-state index in [1.54, 1.807) is 19.2 Å². The Labute approximate surface area is 105 Å². The quantitative estimate of drug-likeness (QED) is 0.859. The van der Waals surface area contributed by atoms with Gasteiger partial charge >= 0.3 is 0 Å². The lowest BCUT2D eigenvalue weighted by Crippen LogP contribution is -2.05. The van der Waals surface area contributed by atoms with E-state index in [0.717, 1.165) is 11.5 Å². The zero-order valence-electron chi connectivity index (χ0n) is 10.7. The number of oxazole rings is 1. The number of rotatable bonds is 4. The predicted octanol–water partition coefficient (Wildman–Crippen LogP) is 1.89. The van der Waals surface area contributed by atoms with Crippen molar-refractivity contribution in [3.8, 4) is 5.88 Å². The lowest BCUT2D eigenvalue weighted by atomic mass is 10.4. The summed E-state index contributed by atoms with van der Waals surface area (Å²) < 4.78 is 10.5. The van der Waals surface area contributed by atoms with E-state index in [1.807, 2.05) is 13.8 Å². The van der Waals surface area contributed by atoms with Gasteiger partial charge in [-0.15, -0.1) is 0 Å². The van der Waals surface area contributed by atoms with E-state index in [4.69, 9.17) is 14.9 Å². The Morgan fingerprint density at radius 3 is 2.72 bits per heavy atom. The van der Waals surface area contributed by atoms with Crippen LogP contribution in [0.25, 0.3) is 0 Å². The number of nitrogen functional groups attached to an aromatic ring is 1. The number of nitrogens with zero attached hydrogens (tertiary/aromatic N) is 2. The van der Waals surface area contributed by atoms with Crippen molar-refractivity contribution in [2.24, 2.45) is 0 Å². The van der Waals surface area contributed by atoms with Gasteiger partial charge in [-0.1, -0.05) is 0 Å². The molecule has 0 atom stereocenters. The Hall–Kier alpha value is -2.24. The molecule has 0 radical (unpaired) electrons. The molecule has 0 aliphatic rings. The lowest BCUT2D eigenvalue weighted by molar-refractivity contribution is 0.398. The average Bonchev–Trinajstić information content (AvgIpc) is 2.68. The normalized spacial score (nSPS) is 10.4. The van der Waals surface area contributed by atoms with E-state index < -0.39 is 0 Å². The number of ether oxygens (including phenoxy) is 1. The van der Waals surface area contributed by atoms with Gasteiger partial charge in [0.25, 0.3) is 0 Å². The first kappa shape index (κ1) is 12.2. The second-order valence-electron chi connectivity index (χ2n) is 3.89. The number of hydrogen-bond acceptors (Lipinski definition) is 6. The molecule has 0 aliphatic heterocycles. The molecule has 0 saturated carbocycles. The smallest absolute Gasteiger partial charge is 0.215 e. The molecule has 0 fully saturated rings. The molecule has 2 aromatic heterocycles. The van der Waals surface area contributed by atoms with E-state index >= 15 is 0 Å². The molecular weight excluding hydrogens is 232 g/mol. The monoisotopic (exact) mass is 248 g/mol. The summed E-state index contributed by atoms with van der Waals surface area (Å²) in [6.45, 7) is 4.21. The lowest BCUT2D eigenvalue weighted by Gasteiger charge is -2.07. The van der Waals surface area contributed by atoms with E-state index in [9.17, 15) is 0 Å². The Kier molecular flexibility index (Phi) is 3.36. The van der Waals surface area contributed by atoms with Crippen LogP contribution in [0.5, 0.6) is 5.88 Å². The van der Waals surface area contributed by atoms with Crippen LogP contribution in [0.3, 0.4) is 0 Å². The van der Waals surface area contributed by atoms with Gasteiger partial charge in [-0.05, 0) is 19.9 Å². The Balaban J connectivity index is 2.10. The highest BCUT2D eigenvalue weighted by molar-refractivity contribution is 5.61. The molecule has 0 amide bonds. The average molecular weight is 248 g/mol. The Bertz CT molecular complexity index is 532. The van der Waals surface area contributed by atoms with Crippen LogP contribution in [0.1, 0.15) is 17.3 Å². The zero-order valence-corrected chi connectivity index (χ0v) is 10.7. The fourth-order valence-electron chi connectivity index (χ4n) is 1.48. The third kappa shape index (κ3) is 2.53. The molecule has 2 aromatic rings. The minimum Gasteiger partial charge on any atom is -0.481 e. The molecule has 0 saturated heterocycles. The van der Waals surface area contributed by atoms with Gasteiger partial charge in [0.1, 0.15) is 5.76 Å². The molecule has 3 N–H and O–H groups in total. The second-order valence-corrected chi connectivity index (χ2v) is 3.89. The molecule has 0 bridgehead atoms. The molecule has 2 rings (SSSR count).